The molecule has 0 unspecified atom stereocenters. The molecule has 3 aromatic rings. The van der Waals surface area contributed by atoms with Crippen molar-refractivity contribution < 1.29 is 22.8 Å². The number of thiazole rings is 1. The SMILES string of the molecule is CC(C)(C)NS(=O)(=O)c1ccc(-c2sc(C(=O)NC3CCC3)nc2CC2CCC2)c2ccccc12.O=C=O. The summed E-state index contributed by atoms with van der Waals surface area (Å²) in [6.07, 6.45) is 7.95. The van der Waals surface area contributed by atoms with Crippen LogP contribution in [-0.4, -0.2) is 37.0 Å². The first-order valence-corrected chi connectivity index (χ1v) is 15.2. The Morgan fingerprint density at radius 2 is 1.66 bits per heavy atom. The summed E-state index contributed by atoms with van der Waals surface area (Å²) in [6, 6.07) is 11.4. The quantitative estimate of drug-likeness (QED) is 0.419. The summed E-state index contributed by atoms with van der Waals surface area (Å²) in [7, 11) is -3.71. The smallest absolute Gasteiger partial charge is 0.347 e. The Hall–Kier alpha value is -2.91. The van der Waals surface area contributed by atoms with E-state index in [4.69, 9.17) is 14.6 Å². The minimum atomic E-state index is -3.71. The van der Waals surface area contributed by atoms with Gasteiger partial charge in [0.15, 0.2) is 5.01 Å². The van der Waals surface area contributed by atoms with Crippen LogP contribution >= 0.6 is 11.3 Å². The summed E-state index contributed by atoms with van der Waals surface area (Å²) in [6.45, 7) is 5.50. The molecule has 2 aromatic carbocycles. The van der Waals surface area contributed by atoms with Crippen LogP contribution in [0.25, 0.3) is 21.2 Å². The normalized spacial score (nSPS) is 16.1. The van der Waals surface area contributed by atoms with Crippen molar-refractivity contribution in [2.75, 3.05) is 0 Å². The largest absolute Gasteiger partial charge is 0.373 e. The van der Waals surface area contributed by atoms with Gasteiger partial charge in [-0.05, 0) is 63.8 Å². The number of hydrogen-bond acceptors (Lipinski definition) is 7. The molecule has 0 atom stereocenters. The van der Waals surface area contributed by atoms with E-state index < -0.39 is 15.6 Å². The van der Waals surface area contributed by atoms with Crippen molar-refractivity contribution in [2.24, 2.45) is 5.92 Å². The highest BCUT2D eigenvalue weighted by Crippen LogP contribution is 2.40. The lowest BCUT2D eigenvalue weighted by Gasteiger charge is -2.25. The third kappa shape index (κ3) is 6.38. The number of nitrogens with one attached hydrogen (secondary N) is 2. The van der Waals surface area contributed by atoms with Gasteiger partial charge in [-0.1, -0.05) is 49.6 Å². The molecule has 38 heavy (non-hydrogen) atoms. The summed E-state index contributed by atoms with van der Waals surface area (Å²) in [5.41, 5.74) is 1.30. The number of sulfonamides is 1. The fourth-order valence-electron chi connectivity index (χ4n) is 4.73. The molecular formula is C28H33N3O5S2. The molecular weight excluding hydrogens is 522 g/mol. The number of fused-ring (bicyclic) bond motifs is 1. The van der Waals surface area contributed by atoms with Crippen molar-refractivity contribution in [3.8, 4) is 10.4 Å². The highest BCUT2D eigenvalue weighted by atomic mass is 32.2. The number of carbonyl (C=O) groups is 1. The Morgan fingerprint density at radius 3 is 2.21 bits per heavy atom. The van der Waals surface area contributed by atoms with Crippen LogP contribution in [0.4, 0.5) is 0 Å². The standard InChI is InChI=1S/C27H33N3O3S2.CO2/c1-27(2,3)30-35(32,33)23-15-14-21(19-12-4-5-13-20(19)23)24-22(16-17-8-6-9-17)29-26(34-24)25(31)28-18-10-7-11-18;2-1-3/h4-5,12-15,17-18,30H,6-11,16H2,1-3H3,(H,28,31);. The van der Waals surface area contributed by atoms with Gasteiger partial charge in [0.05, 0.1) is 15.5 Å². The van der Waals surface area contributed by atoms with Gasteiger partial charge in [0, 0.05) is 22.5 Å². The van der Waals surface area contributed by atoms with Crippen molar-refractivity contribution in [1.82, 2.24) is 15.0 Å². The maximum absolute atomic E-state index is 13.2. The molecule has 202 valence electrons. The summed E-state index contributed by atoms with van der Waals surface area (Å²) in [5.74, 6) is 0.499. The van der Waals surface area contributed by atoms with Gasteiger partial charge < -0.3 is 5.32 Å². The molecule has 8 nitrogen and oxygen atoms in total. The Morgan fingerprint density at radius 1 is 1.03 bits per heavy atom. The van der Waals surface area contributed by atoms with Crippen LogP contribution in [0.5, 0.6) is 0 Å². The summed E-state index contributed by atoms with van der Waals surface area (Å²) < 4.78 is 29.2. The van der Waals surface area contributed by atoms with E-state index in [1.165, 1.54) is 30.6 Å². The van der Waals surface area contributed by atoms with Crippen LogP contribution in [0.15, 0.2) is 41.3 Å². The fourth-order valence-corrected chi connectivity index (χ4v) is 7.40. The second-order valence-electron chi connectivity index (χ2n) is 11.0. The van der Waals surface area contributed by atoms with Gasteiger partial charge in [0.25, 0.3) is 5.91 Å². The molecule has 1 heterocycles. The minimum absolute atomic E-state index is 0.0984. The van der Waals surface area contributed by atoms with Gasteiger partial charge >= 0.3 is 6.15 Å². The fraction of sp³-hybridized carbons (Fsp3) is 0.464. The molecule has 2 saturated carbocycles. The summed E-state index contributed by atoms with van der Waals surface area (Å²) in [4.78, 5) is 35.3. The Kier molecular flexibility index (Phi) is 8.47. The predicted molar refractivity (Wildman–Crippen MR) is 146 cm³/mol. The molecule has 2 fully saturated rings. The van der Waals surface area contributed by atoms with Crippen molar-refractivity contribution in [3.63, 3.8) is 0 Å². The molecule has 2 aliphatic rings. The van der Waals surface area contributed by atoms with Crippen LogP contribution in [0, 0.1) is 5.92 Å². The number of carbonyl (C=O) groups excluding carboxylic acids is 3. The number of nitrogens with zero attached hydrogens (tertiary/aromatic N) is 1. The molecule has 0 spiro atoms. The molecule has 0 bridgehead atoms. The number of aromatic nitrogens is 1. The number of hydrogen-bond donors (Lipinski definition) is 2. The van der Waals surface area contributed by atoms with Crippen LogP contribution in [-0.2, 0) is 26.0 Å². The summed E-state index contributed by atoms with van der Waals surface area (Å²) in [5, 5.41) is 5.14. The predicted octanol–water partition coefficient (Wildman–Crippen LogP) is 5.08. The number of benzene rings is 2. The zero-order valence-corrected chi connectivity index (χ0v) is 23.5. The maximum Gasteiger partial charge on any atom is 0.373 e. The van der Waals surface area contributed by atoms with E-state index in [9.17, 15) is 13.2 Å². The number of rotatable bonds is 7. The maximum atomic E-state index is 13.2. The molecule has 1 amide bonds. The van der Waals surface area contributed by atoms with Gasteiger partial charge in [0.2, 0.25) is 10.0 Å². The zero-order valence-electron chi connectivity index (χ0n) is 21.9. The minimum Gasteiger partial charge on any atom is -0.347 e. The van der Waals surface area contributed by atoms with E-state index in [0.717, 1.165) is 47.2 Å². The lowest BCUT2D eigenvalue weighted by molar-refractivity contribution is -0.191. The molecule has 0 aliphatic heterocycles. The van der Waals surface area contributed by atoms with Crippen LogP contribution in [0.2, 0.25) is 0 Å². The van der Waals surface area contributed by atoms with Crippen molar-refractivity contribution in [1.29, 1.82) is 0 Å². The lowest BCUT2D eigenvalue weighted by Crippen LogP contribution is -2.40. The van der Waals surface area contributed by atoms with Gasteiger partial charge in [-0.25, -0.2) is 18.1 Å². The highest BCUT2D eigenvalue weighted by Gasteiger charge is 2.29. The van der Waals surface area contributed by atoms with Crippen molar-refractivity contribution >= 4 is 44.2 Å². The lowest BCUT2D eigenvalue weighted by atomic mass is 9.81. The van der Waals surface area contributed by atoms with Crippen molar-refractivity contribution in [3.05, 3.63) is 47.1 Å². The third-order valence-electron chi connectivity index (χ3n) is 6.90. The second kappa shape index (κ2) is 11.5. The van der Waals surface area contributed by atoms with Gasteiger partial charge in [-0.15, -0.1) is 11.3 Å². The Bertz CT molecular complexity index is 1460. The van der Waals surface area contributed by atoms with Crippen LogP contribution < -0.4 is 10.0 Å². The Balaban J connectivity index is 0.00000107. The Labute approximate surface area is 227 Å². The van der Waals surface area contributed by atoms with Crippen molar-refractivity contribution in [2.45, 2.75) is 82.2 Å². The molecule has 0 radical (unpaired) electrons. The molecule has 2 aliphatic carbocycles. The van der Waals surface area contributed by atoms with E-state index in [1.54, 1.807) is 6.07 Å². The van der Waals surface area contributed by atoms with Crippen LogP contribution in [0.3, 0.4) is 0 Å². The first kappa shape index (κ1) is 28.1. The molecule has 1 aromatic heterocycles. The van der Waals surface area contributed by atoms with Crippen LogP contribution in [0.1, 0.15) is 74.8 Å². The average molecular weight is 556 g/mol. The first-order chi connectivity index (χ1) is 18.0. The molecule has 2 N–H and O–H groups in total. The molecule has 5 rings (SSSR count). The topological polar surface area (TPSA) is 122 Å². The van der Waals surface area contributed by atoms with E-state index >= 15 is 0 Å². The third-order valence-corrected chi connectivity index (χ3v) is 9.84. The highest BCUT2D eigenvalue weighted by molar-refractivity contribution is 7.89. The van der Waals surface area contributed by atoms with E-state index in [0.29, 0.717) is 16.3 Å². The van der Waals surface area contributed by atoms with E-state index in [2.05, 4.69) is 10.0 Å². The average Bonchev–Trinajstić information content (AvgIpc) is 3.20. The van der Waals surface area contributed by atoms with Gasteiger partial charge in [0.1, 0.15) is 0 Å². The van der Waals surface area contributed by atoms with E-state index in [-0.39, 0.29) is 23.0 Å². The monoisotopic (exact) mass is 555 g/mol. The second-order valence-corrected chi connectivity index (χ2v) is 13.6. The first-order valence-electron chi connectivity index (χ1n) is 12.9. The molecule has 10 heteroatoms. The van der Waals surface area contributed by atoms with Gasteiger partial charge in [-0.2, -0.15) is 9.59 Å². The van der Waals surface area contributed by atoms with E-state index in [1.807, 2.05) is 51.1 Å². The molecule has 0 saturated heterocycles. The van der Waals surface area contributed by atoms with Gasteiger partial charge in [-0.3, -0.25) is 4.79 Å². The summed E-state index contributed by atoms with van der Waals surface area (Å²) >= 11 is 1.42. The number of amides is 1. The zero-order chi connectivity index (χ0) is 27.5.